The van der Waals surface area contributed by atoms with Gasteiger partial charge in [-0.1, -0.05) is 46.3 Å². The van der Waals surface area contributed by atoms with Crippen LogP contribution in [0.3, 0.4) is 0 Å². The standard InChI is InChI=1S/C16H13BrO2/c17-13-7-5-11(6-8-13)9-14(18)16-10-12-3-1-2-4-15(12)19-16/h1-8,16H,9-10H2. The van der Waals surface area contributed by atoms with Crippen molar-refractivity contribution < 1.29 is 9.53 Å². The summed E-state index contributed by atoms with van der Waals surface area (Å²) >= 11 is 3.39. The number of ether oxygens (including phenoxy) is 1. The lowest BCUT2D eigenvalue weighted by Gasteiger charge is -2.09. The summed E-state index contributed by atoms with van der Waals surface area (Å²) in [5, 5.41) is 0. The van der Waals surface area contributed by atoms with Crippen molar-refractivity contribution in [2.75, 3.05) is 0 Å². The van der Waals surface area contributed by atoms with Crippen molar-refractivity contribution in [2.45, 2.75) is 18.9 Å². The fourth-order valence-electron chi connectivity index (χ4n) is 2.28. The summed E-state index contributed by atoms with van der Waals surface area (Å²) < 4.78 is 6.73. The number of para-hydroxylation sites is 1. The third-order valence-electron chi connectivity index (χ3n) is 3.30. The Bertz CT molecular complexity index is 579. The number of benzene rings is 2. The van der Waals surface area contributed by atoms with E-state index in [-0.39, 0.29) is 11.9 Å². The first-order valence-corrected chi connectivity index (χ1v) is 7.03. The van der Waals surface area contributed by atoms with E-state index in [2.05, 4.69) is 15.9 Å². The minimum Gasteiger partial charge on any atom is -0.482 e. The number of hydrogen-bond donors (Lipinski definition) is 0. The number of hydrogen-bond acceptors (Lipinski definition) is 2. The second-order valence-electron chi connectivity index (χ2n) is 4.69. The van der Waals surface area contributed by atoms with E-state index in [9.17, 15) is 4.79 Å². The molecule has 0 bridgehead atoms. The molecule has 1 unspecified atom stereocenters. The molecule has 2 aromatic rings. The lowest BCUT2D eigenvalue weighted by atomic mass is 10.0. The van der Waals surface area contributed by atoms with Crippen LogP contribution < -0.4 is 4.74 Å². The molecule has 19 heavy (non-hydrogen) atoms. The Morgan fingerprint density at radius 2 is 1.89 bits per heavy atom. The largest absolute Gasteiger partial charge is 0.482 e. The maximum absolute atomic E-state index is 12.2. The summed E-state index contributed by atoms with van der Waals surface area (Å²) in [5.74, 6) is 0.982. The van der Waals surface area contributed by atoms with Crippen molar-refractivity contribution in [1.29, 1.82) is 0 Å². The number of fused-ring (bicyclic) bond motifs is 1. The molecule has 2 aromatic carbocycles. The average Bonchev–Trinajstić information content (AvgIpc) is 2.85. The van der Waals surface area contributed by atoms with Gasteiger partial charge < -0.3 is 4.74 Å². The van der Waals surface area contributed by atoms with E-state index in [1.54, 1.807) is 0 Å². The van der Waals surface area contributed by atoms with Crippen LogP contribution in [0.25, 0.3) is 0 Å². The van der Waals surface area contributed by atoms with Crippen molar-refractivity contribution in [2.24, 2.45) is 0 Å². The predicted octanol–water partition coefficient (Wildman–Crippen LogP) is 3.56. The molecule has 0 N–H and O–H groups in total. The van der Waals surface area contributed by atoms with Crippen molar-refractivity contribution >= 4 is 21.7 Å². The summed E-state index contributed by atoms with van der Waals surface area (Å²) in [6, 6.07) is 15.7. The van der Waals surface area contributed by atoms with Crippen LogP contribution >= 0.6 is 15.9 Å². The summed E-state index contributed by atoms with van der Waals surface area (Å²) in [4.78, 5) is 12.2. The normalized spacial score (nSPS) is 16.8. The Kier molecular flexibility index (Phi) is 3.38. The average molecular weight is 317 g/mol. The van der Waals surface area contributed by atoms with Crippen molar-refractivity contribution in [3.05, 3.63) is 64.1 Å². The van der Waals surface area contributed by atoms with Gasteiger partial charge in [-0.2, -0.15) is 0 Å². The zero-order valence-corrected chi connectivity index (χ0v) is 11.9. The predicted molar refractivity (Wildman–Crippen MR) is 77.4 cm³/mol. The highest BCUT2D eigenvalue weighted by molar-refractivity contribution is 9.10. The summed E-state index contributed by atoms with van der Waals surface area (Å²) in [6.45, 7) is 0. The van der Waals surface area contributed by atoms with Crippen LogP contribution in [0.15, 0.2) is 53.0 Å². The maximum atomic E-state index is 12.2. The minimum atomic E-state index is -0.332. The van der Waals surface area contributed by atoms with Crippen LogP contribution in [0, 0.1) is 0 Å². The van der Waals surface area contributed by atoms with E-state index < -0.39 is 0 Å². The fraction of sp³-hybridized carbons (Fsp3) is 0.188. The summed E-state index contributed by atoms with van der Waals surface area (Å²) in [6.07, 6.45) is 0.776. The number of rotatable bonds is 3. The van der Waals surface area contributed by atoms with Gasteiger partial charge in [0.1, 0.15) is 5.75 Å². The first-order chi connectivity index (χ1) is 9.22. The number of carbonyl (C=O) groups is 1. The van der Waals surface area contributed by atoms with Crippen LogP contribution in [0.5, 0.6) is 5.75 Å². The number of Topliss-reactive ketones (excluding diaryl/α,β-unsaturated/α-hetero) is 1. The van der Waals surface area contributed by atoms with Gasteiger partial charge in [-0.05, 0) is 29.3 Å². The van der Waals surface area contributed by atoms with Gasteiger partial charge in [-0.15, -0.1) is 0 Å². The molecule has 2 nitrogen and oxygen atoms in total. The molecule has 0 spiro atoms. The summed E-state index contributed by atoms with van der Waals surface area (Å²) in [5.41, 5.74) is 2.14. The summed E-state index contributed by atoms with van der Waals surface area (Å²) in [7, 11) is 0. The van der Waals surface area contributed by atoms with Crippen LogP contribution in [0.2, 0.25) is 0 Å². The maximum Gasteiger partial charge on any atom is 0.177 e. The molecule has 1 aliphatic heterocycles. The minimum absolute atomic E-state index is 0.138. The SMILES string of the molecule is O=C(Cc1ccc(Br)cc1)C1Cc2ccccc2O1. The first-order valence-electron chi connectivity index (χ1n) is 6.24. The Morgan fingerprint density at radius 3 is 2.63 bits per heavy atom. The lowest BCUT2D eigenvalue weighted by Crippen LogP contribution is -2.26. The van der Waals surface area contributed by atoms with E-state index in [1.165, 1.54) is 0 Å². The van der Waals surface area contributed by atoms with Crippen LogP contribution in [0.1, 0.15) is 11.1 Å². The molecule has 3 rings (SSSR count). The molecule has 1 atom stereocenters. The number of ketones is 1. The van der Waals surface area contributed by atoms with Crippen LogP contribution in [-0.4, -0.2) is 11.9 Å². The molecule has 96 valence electrons. The molecule has 0 saturated carbocycles. The van der Waals surface area contributed by atoms with Gasteiger partial charge in [-0.25, -0.2) is 0 Å². The molecule has 0 saturated heterocycles. The van der Waals surface area contributed by atoms with Gasteiger partial charge in [0.25, 0.3) is 0 Å². The smallest absolute Gasteiger partial charge is 0.177 e. The lowest BCUT2D eigenvalue weighted by molar-refractivity contribution is -0.124. The van der Waals surface area contributed by atoms with E-state index in [0.717, 1.165) is 21.3 Å². The van der Waals surface area contributed by atoms with E-state index in [4.69, 9.17) is 4.74 Å². The van der Waals surface area contributed by atoms with Gasteiger partial charge in [0, 0.05) is 17.3 Å². The molecular formula is C16H13BrO2. The molecule has 0 aromatic heterocycles. The van der Waals surface area contributed by atoms with E-state index >= 15 is 0 Å². The Hall–Kier alpha value is -1.61. The highest BCUT2D eigenvalue weighted by atomic mass is 79.9. The van der Waals surface area contributed by atoms with Gasteiger partial charge in [0.15, 0.2) is 11.9 Å². The van der Waals surface area contributed by atoms with Gasteiger partial charge in [-0.3, -0.25) is 4.79 Å². The highest BCUT2D eigenvalue weighted by Gasteiger charge is 2.28. The molecule has 0 fully saturated rings. The third-order valence-corrected chi connectivity index (χ3v) is 3.83. The van der Waals surface area contributed by atoms with Crippen molar-refractivity contribution in [3.63, 3.8) is 0 Å². The first kappa shape index (κ1) is 12.4. The highest BCUT2D eigenvalue weighted by Crippen LogP contribution is 2.29. The quantitative estimate of drug-likeness (QED) is 0.865. The van der Waals surface area contributed by atoms with Crippen molar-refractivity contribution in [3.8, 4) is 5.75 Å². The van der Waals surface area contributed by atoms with E-state index in [0.29, 0.717) is 12.8 Å². The van der Waals surface area contributed by atoms with Crippen LogP contribution in [0.4, 0.5) is 0 Å². The Labute approximate surface area is 120 Å². The zero-order chi connectivity index (χ0) is 13.2. The fourth-order valence-corrected chi connectivity index (χ4v) is 2.54. The topological polar surface area (TPSA) is 26.3 Å². The zero-order valence-electron chi connectivity index (χ0n) is 10.3. The number of halogens is 1. The third kappa shape index (κ3) is 2.71. The molecule has 0 amide bonds. The number of carbonyl (C=O) groups excluding carboxylic acids is 1. The second kappa shape index (κ2) is 5.17. The molecule has 0 aliphatic carbocycles. The van der Waals surface area contributed by atoms with Gasteiger partial charge >= 0.3 is 0 Å². The molecule has 0 radical (unpaired) electrons. The van der Waals surface area contributed by atoms with Crippen LogP contribution in [-0.2, 0) is 17.6 Å². The molecule has 1 aliphatic rings. The van der Waals surface area contributed by atoms with E-state index in [1.807, 2.05) is 48.5 Å². The van der Waals surface area contributed by atoms with Gasteiger partial charge in [0.2, 0.25) is 0 Å². The second-order valence-corrected chi connectivity index (χ2v) is 5.60. The molecule has 1 heterocycles. The van der Waals surface area contributed by atoms with Gasteiger partial charge in [0.05, 0.1) is 0 Å². The Morgan fingerprint density at radius 1 is 1.16 bits per heavy atom. The monoisotopic (exact) mass is 316 g/mol. The molecule has 3 heteroatoms. The van der Waals surface area contributed by atoms with Crippen molar-refractivity contribution in [1.82, 2.24) is 0 Å². The Balaban J connectivity index is 1.68. The molecular weight excluding hydrogens is 304 g/mol.